The topological polar surface area (TPSA) is 60.6 Å². The molecular formula is C27H42N4O2. The number of hydrogen-bond acceptors (Lipinski definition) is 4. The Hall–Kier alpha value is -2.05. The normalized spacial score (nSPS) is 20.1. The van der Waals surface area contributed by atoms with Crippen LogP contribution in [0.5, 0.6) is 5.75 Å². The minimum atomic E-state index is -0.0166. The molecule has 1 atom stereocenters. The van der Waals surface area contributed by atoms with Gasteiger partial charge in [0.05, 0.1) is 6.10 Å². The predicted molar refractivity (Wildman–Crippen MR) is 135 cm³/mol. The van der Waals surface area contributed by atoms with Crippen molar-refractivity contribution in [1.82, 2.24) is 20.1 Å². The summed E-state index contributed by atoms with van der Waals surface area (Å²) in [6, 6.07) is 8.14. The molecule has 33 heavy (non-hydrogen) atoms. The largest absolute Gasteiger partial charge is 0.490 e. The van der Waals surface area contributed by atoms with E-state index in [1.54, 1.807) is 0 Å². The summed E-state index contributed by atoms with van der Waals surface area (Å²) in [4.78, 5) is 21.5. The molecule has 2 aliphatic heterocycles. The zero-order chi connectivity index (χ0) is 23.2. The number of piperidine rings is 1. The van der Waals surface area contributed by atoms with Crippen LogP contribution >= 0.6 is 0 Å². The van der Waals surface area contributed by atoms with Crippen molar-refractivity contribution in [2.75, 3.05) is 39.3 Å². The van der Waals surface area contributed by atoms with Crippen LogP contribution < -0.4 is 10.1 Å². The van der Waals surface area contributed by atoms with Gasteiger partial charge in [-0.3, -0.25) is 4.79 Å². The van der Waals surface area contributed by atoms with Crippen molar-refractivity contribution in [2.24, 2.45) is 5.92 Å². The van der Waals surface area contributed by atoms with E-state index in [1.165, 1.54) is 45.3 Å². The fraction of sp³-hybridized carbons (Fsp3) is 0.667. The highest BCUT2D eigenvalue weighted by molar-refractivity contribution is 5.99. The lowest BCUT2D eigenvalue weighted by Crippen LogP contribution is -2.46. The third-order valence-corrected chi connectivity index (χ3v) is 7.47. The van der Waals surface area contributed by atoms with Crippen LogP contribution in [-0.4, -0.2) is 72.1 Å². The van der Waals surface area contributed by atoms with Crippen LogP contribution in [0.15, 0.2) is 24.3 Å². The first-order chi connectivity index (χ1) is 16.0. The van der Waals surface area contributed by atoms with Crippen molar-refractivity contribution in [1.29, 1.82) is 0 Å². The second-order valence-corrected chi connectivity index (χ2v) is 10.3. The number of carbonyl (C=O) groups is 1. The van der Waals surface area contributed by atoms with E-state index in [1.807, 2.05) is 24.3 Å². The standard InChI is InChI=1S/C27H42N4O2/c1-20(2)21(3)33-26-10-8-9-24-23(26)19-25(29-24)27(32)28-22-11-15-31(16-12-22)18-17-30-13-6-4-5-7-14-30/h8-10,19-22,29H,4-7,11-18H2,1-3H3,(H,28,32). The van der Waals surface area contributed by atoms with Crippen molar-refractivity contribution in [3.8, 4) is 5.75 Å². The summed E-state index contributed by atoms with van der Waals surface area (Å²) < 4.78 is 6.16. The monoisotopic (exact) mass is 454 g/mol. The molecule has 3 heterocycles. The Bertz CT molecular complexity index is 893. The lowest BCUT2D eigenvalue weighted by molar-refractivity contribution is 0.0902. The fourth-order valence-electron chi connectivity index (χ4n) is 4.90. The average Bonchev–Trinajstić information content (AvgIpc) is 3.09. The number of aromatic amines is 1. The van der Waals surface area contributed by atoms with Crippen LogP contribution in [0, 0.1) is 5.92 Å². The number of nitrogens with one attached hydrogen (secondary N) is 2. The SMILES string of the molecule is CC(C)C(C)Oc1cccc2[nH]c(C(=O)NC3CCN(CCN4CCCCCC4)CC3)cc12. The quantitative estimate of drug-likeness (QED) is 0.609. The Kier molecular flexibility index (Phi) is 8.31. The summed E-state index contributed by atoms with van der Waals surface area (Å²) >= 11 is 0. The molecule has 2 N–H and O–H groups in total. The molecule has 1 aromatic carbocycles. The van der Waals surface area contributed by atoms with Crippen LogP contribution in [0.2, 0.25) is 0 Å². The first kappa shape index (κ1) is 24.1. The molecule has 182 valence electrons. The van der Waals surface area contributed by atoms with E-state index in [4.69, 9.17) is 4.74 Å². The number of hydrogen-bond donors (Lipinski definition) is 2. The first-order valence-electron chi connectivity index (χ1n) is 13.0. The van der Waals surface area contributed by atoms with E-state index < -0.39 is 0 Å². The highest BCUT2D eigenvalue weighted by Gasteiger charge is 2.23. The number of aromatic nitrogens is 1. The van der Waals surface area contributed by atoms with E-state index >= 15 is 0 Å². The number of carbonyl (C=O) groups excluding carboxylic acids is 1. The summed E-state index contributed by atoms with van der Waals surface area (Å²) in [5, 5.41) is 4.23. The Balaban J connectivity index is 1.27. The Morgan fingerprint density at radius 2 is 1.70 bits per heavy atom. The molecule has 6 nitrogen and oxygen atoms in total. The number of rotatable bonds is 8. The van der Waals surface area contributed by atoms with E-state index in [-0.39, 0.29) is 18.1 Å². The van der Waals surface area contributed by atoms with Gasteiger partial charge in [0.2, 0.25) is 0 Å². The molecule has 1 unspecified atom stereocenters. The third-order valence-electron chi connectivity index (χ3n) is 7.47. The lowest BCUT2D eigenvalue weighted by atomic mass is 10.0. The Morgan fingerprint density at radius 3 is 2.36 bits per heavy atom. The fourth-order valence-corrected chi connectivity index (χ4v) is 4.90. The van der Waals surface area contributed by atoms with Gasteiger partial charge in [0.25, 0.3) is 5.91 Å². The molecule has 1 amide bonds. The number of nitrogens with zero attached hydrogens (tertiary/aromatic N) is 2. The van der Waals surface area contributed by atoms with Gasteiger partial charge in [-0.25, -0.2) is 0 Å². The number of amides is 1. The van der Waals surface area contributed by atoms with Crippen LogP contribution in [0.3, 0.4) is 0 Å². The summed E-state index contributed by atoms with van der Waals surface area (Å²) in [6.07, 6.45) is 7.65. The maximum absolute atomic E-state index is 13.0. The van der Waals surface area contributed by atoms with Crippen molar-refractivity contribution < 1.29 is 9.53 Å². The molecule has 2 fully saturated rings. The highest BCUT2D eigenvalue weighted by atomic mass is 16.5. The predicted octanol–water partition coefficient (Wildman–Crippen LogP) is 4.66. The van der Waals surface area contributed by atoms with Gasteiger partial charge in [0.15, 0.2) is 0 Å². The molecule has 4 rings (SSSR count). The van der Waals surface area contributed by atoms with Gasteiger partial charge in [-0.2, -0.15) is 0 Å². The van der Waals surface area contributed by atoms with Crippen molar-refractivity contribution >= 4 is 16.8 Å². The smallest absolute Gasteiger partial charge is 0.267 e. The second kappa shape index (κ2) is 11.4. The van der Waals surface area contributed by atoms with Crippen LogP contribution in [0.25, 0.3) is 10.9 Å². The summed E-state index contributed by atoms with van der Waals surface area (Å²) in [5.41, 5.74) is 1.55. The molecule has 6 heteroatoms. The first-order valence-corrected chi connectivity index (χ1v) is 13.0. The van der Waals surface area contributed by atoms with E-state index in [9.17, 15) is 4.79 Å². The summed E-state index contributed by atoms with van der Waals surface area (Å²) in [5.74, 6) is 1.25. The molecular weight excluding hydrogens is 412 g/mol. The molecule has 0 radical (unpaired) electrons. The molecule has 2 aliphatic rings. The minimum absolute atomic E-state index is 0.0166. The molecule has 0 spiro atoms. The molecule has 0 saturated carbocycles. The summed E-state index contributed by atoms with van der Waals surface area (Å²) in [7, 11) is 0. The Labute approximate surface area is 199 Å². The van der Waals surface area contributed by atoms with Crippen LogP contribution in [0.4, 0.5) is 0 Å². The van der Waals surface area contributed by atoms with Crippen molar-refractivity contribution in [3.05, 3.63) is 30.0 Å². The van der Waals surface area contributed by atoms with E-state index in [0.29, 0.717) is 11.6 Å². The number of likely N-dealkylation sites (tertiary alicyclic amines) is 2. The van der Waals surface area contributed by atoms with Crippen molar-refractivity contribution in [3.63, 3.8) is 0 Å². The van der Waals surface area contributed by atoms with Gasteiger partial charge in [0.1, 0.15) is 11.4 Å². The molecule has 1 aromatic heterocycles. The van der Waals surface area contributed by atoms with Crippen molar-refractivity contribution in [2.45, 2.75) is 71.4 Å². The van der Waals surface area contributed by atoms with Gasteiger partial charge in [0, 0.05) is 43.1 Å². The highest BCUT2D eigenvalue weighted by Crippen LogP contribution is 2.28. The maximum Gasteiger partial charge on any atom is 0.267 e. The number of fused-ring (bicyclic) bond motifs is 1. The van der Waals surface area contributed by atoms with Gasteiger partial charge in [-0.05, 0) is 69.8 Å². The molecule has 0 bridgehead atoms. The maximum atomic E-state index is 13.0. The Morgan fingerprint density at radius 1 is 1.03 bits per heavy atom. The zero-order valence-electron chi connectivity index (χ0n) is 20.7. The average molecular weight is 455 g/mol. The second-order valence-electron chi connectivity index (χ2n) is 10.3. The number of H-pyrrole nitrogens is 1. The van der Waals surface area contributed by atoms with Gasteiger partial charge >= 0.3 is 0 Å². The van der Waals surface area contributed by atoms with Gasteiger partial charge < -0.3 is 24.8 Å². The molecule has 0 aliphatic carbocycles. The van der Waals surface area contributed by atoms with Gasteiger partial charge in [-0.1, -0.05) is 32.8 Å². The number of benzene rings is 1. The third kappa shape index (κ3) is 6.51. The molecule has 2 saturated heterocycles. The molecule has 2 aromatic rings. The lowest BCUT2D eigenvalue weighted by Gasteiger charge is -2.33. The van der Waals surface area contributed by atoms with E-state index in [0.717, 1.165) is 49.1 Å². The van der Waals surface area contributed by atoms with Gasteiger partial charge in [-0.15, -0.1) is 0 Å². The zero-order valence-corrected chi connectivity index (χ0v) is 20.7. The minimum Gasteiger partial charge on any atom is -0.490 e. The summed E-state index contributed by atoms with van der Waals surface area (Å²) in [6.45, 7) is 13.4. The van der Waals surface area contributed by atoms with E-state index in [2.05, 4.69) is 40.9 Å². The number of ether oxygens (including phenoxy) is 1. The van der Waals surface area contributed by atoms with Crippen LogP contribution in [-0.2, 0) is 0 Å². The van der Waals surface area contributed by atoms with Crippen LogP contribution in [0.1, 0.15) is 69.8 Å².